The molecule has 1 aliphatic rings. The van der Waals surface area contributed by atoms with E-state index in [4.69, 9.17) is 4.74 Å². The Morgan fingerprint density at radius 1 is 0.867 bits per heavy atom. The zero-order chi connectivity index (χ0) is 21.1. The molecule has 6 nitrogen and oxygen atoms in total. The fourth-order valence-corrected chi connectivity index (χ4v) is 5.26. The summed E-state index contributed by atoms with van der Waals surface area (Å²) in [7, 11) is -2.22. The number of nitrogens with zero attached hydrogens (tertiary/aromatic N) is 2. The molecule has 0 aliphatic carbocycles. The monoisotopic (exact) mass is 422 g/mol. The van der Waals surface area contributed by atoms with E-state index < -0.39 is 16.2 Å². The molecule has 3 aromatic rings. The molecule has 0 aromatic heterocycles. The van der Waals surface area contributed by atoms with Crippen molar-refractivity contribution in [2.75, 3.05) is 20.2 Å². The maximum atomic E-state index is 13.4. The van der Waals surface area contributed by atoms with Crippen molar-refractivity contribution in [1.82, 2.24) is 9.21 Å². The summed E-state index contributed by atoms with van der Waals surface area (Å²) in [6.45, 7) is 0.517. The molecule has 0 spiro atoms. The summed E-state index contributed by atoms with van der Waals surface area (Å²) in [5.41, 5.74) is 1.23. The Hall–Kier alpha value is -3.16. The van der Waals surface area contributed by atoms with Gasteiger partial charge in [-0.3, -0.25) is 4.79 Å². The average molecular weight is 423 g/mol. The van der Waals surface area contributed by atoms with E-state index in [0.717, 1.165) is 0 Å². The first-order chi connectivity index (χ1) is 14.5. The van der Waals surface area contributed by atoms with Crippen LogP contribution in [0.25, 0.3) is 0 Å². The molecule has 1 amide bonds. The maximum absolute atomic E-state index is 13.4. The third-order valence-electron chi connectivity index (χ3n) is 5.17. The molecule has 4 rings (SSSR count). The van der Waals surface area contributed by atoms with Gasteiger partial charge in [-0.25, -0.2) is 8.42 Å². The Bertz CT molecular complexity index is 1120. The zero-order valence-electron chi connectivity index (χ0n) is 16.5. The second-order valence-corrected chi connectivity index (χ2v) is 8.83. The van der Waals surface area contributed by atoms with Crippen LogP contribution in [0.2, 0.25) is 0 Å². The number of carbonyl (C=O) groups excluding carboxylic acids is 1. The number of ether oxygens (including phenoxy) is 1. The molecule has 30 heavy (non-hydrogen) atoms. The van der Waals surface area contributed by atoms with E-state index in [1.54, 1.807) is 90.9 Å². The predicted octanol–water partition coefficient (Wildman–Crippen LogP) is 3.54. The molecule has 0 radical (unpaired) electrons. The molecule has 1 aliphatic heterocycles. The summed E-state index contributed by atoms with van der Waals surface area (Å²) in [6.07, 6.45) is -0.742. The van der Waals surface area contributed by atoms with Crippen molar-refractivity contribution in [1.29, 1.82) is 0 Å². The van der Waals surface area contributed by atoms with Crippen LogP contribution in [0.3, 0.4) is 0 Å². The van der Waals surface area contributed by atoms with Gasteiger partial charge >= 0.3 is 0 Å². The van der Waals surface area contributed by atoms with E-state index in [0.29, 0.717) is 23.4 Å². The first-order valence-corrected chi connectivity index (χ1v) is 11.0. The van der Waals surface area contributed by atoms with Gasteiger partial charge in [-0.05, 0) is 42.0 Å². The smallest absolute Gasteiger partial charge is 0.255 e. The number of hydrogen-bond donors (Lipinski definition) is 0. The van der Waals surface area contributed by atoms with Gasteiger partial charge in [-0.2, -0.15) is 4.31 Å². The third kappa shape index (κ3) is 3.69. The minimum atomic E-state index is -3.79. The van der Waals surface area contributed by atoms with E-state index in [1.165, 1.54) is 4.31 Å². The van der Waals surface area contributed by atoms with Gasteiger partial charge in [0, 0.05) is 18.7 Å². The molecule has 0 bridgehead atoms. The largest absolute Gasteiger partial charge is 0.497 e. The van der Waals surface area contributed by atoms with Gasteiger partial charge in [0.05, 0.1) is 12.0 Å². The van der Waals surface area contributed by atoms with Gasteiger partial charge in [0.1, 0.15) is 11.9 Å². The summed E-state index contributed by atoms with van der Waals surface area (Å²) in [4.78, 5) is 15.1. The topological polar surface area (TPSA) is 66.9 Å². The highest BCUT2D eigenvalue weighted by molar-refractivity contribution is 7.89. The summed E-state index contributed by atoms with van der Waals surface area (Å²) in [6, 6.07) is 24.3. The fourth-order valence-electron chi connectivity index (χ4n) is 3.67. The lowest BCUT2D eigenvalue weighted by molar-refractivity contribution is 0.0693. The third-order valence-corrected chi connectivity index (χ3v) is 7.04. The van der Waals surface area contributed by atoms with Crippen molar-refractivity contribution in [3.8, 4) is 5.75 Å². The van der Waals surface area contributed by atoms with Crippen LogP contribution in [-0.2, 0) is 10.0 Å². The summed E-state index contributed by atoms with van der Waals surface area (Å²) < 4.78 is 33.4. The van der Waals surface area contributed by atoms with Gasteiger partial charge in [0.25, 0.3) is 5.91 Å². The van der Waals surface area contributed by atoms with E-state index in [9.17, 15) is 13.2 Å². The van der Waals surface area contributed by atoms with Crippen molar-refractivity contribution < 1.29 is 17.9 Å². The minimum absolute atomic E-state index is 0.206. The number of amides is 1. The molecule has 0 N–H and O–H groups in total. The maximum Gasteiger partial charge on any atom is 0.255 e. The van der Waals surface area contributed by atoms with Gasteiger partial charge in [0.2, 0.25) is 10.0 Å². The molecule has 0 saturated carbocycles. The van der Waals surface area contributed by atoms with Crippen LogP contribution in [0.4, 0.5) is 0 Å². The van der Waals surface area contributed by atoms with Gasteiger partial charge < -0.3 is 9.64 Å². The number of methoxy groups -OCH3 is 1. The second-order valence-electron chi connectivity index (χ2n) is 6.94. The Morgan fingerprint density at radius 3 is 2.07 bits per heavy atom. The number of sulfonamides is 1. The number of hydrogen-bond acceptors (Lipinski definition) is 4. The van der Waals surface area contributed by atoms with Crippen LogP contribution in [0.1, 0.15) is 22.1 Å². The van der Waals surface area contributed by atoms with Gasteiger partial charge in [-0.1, -0.05) is 48.5 Å². The normalized spacial score (nSPS) is 17.1. The number of benzene rings is 3. The Morgan fingerprint density at radius 2 is 1.47 bits per heavy atom. The van der Waals surface area contributed by atoms with Gasteiger partial charge in [-0.15, -0.1) is 0 Å². The van der Waals surface area contributed by atoms with Crippen molar-refractivity contribution >= 4 is 15.9 Å². The molecule has 3 aromatic carbocycles. The SMILES string of the molecule is COc1ccc([C@H]2N(C(=O)c3ccccc3)CCN2S(=O)(=O)c2ccccc2)cc1. The van der Waals surface area contributed by atoms with Crippen LogP contribution in [0, 0.1) is 0 Å². The van der Waals surface area contributed by atoms with Crippen molar-refractivity contribution in [2.24, 2.45) is 0 Å². The van der Waals surface area contributed by atoms with Crippen molar-refractivity contribution in [3.05, 3.63) is 96.1 Å². The fraction of sp³-hybridized carbons (Fsp3) is 0.174. The first kappa shape index (κ1) is 20.1. The molecule has 1 heterocycles. The van der Waals surface area contributed by atoms with Gasteiger partial charge in [0.15, 0.2) is 0 Å². The van der Waals surface area contributed by atoms with Crippen LogP contribution >= 0.6 is 0 Å². The second kappa shape index (κ2) is 8.30. The summed E-state index contributed by atoms with van der Waals surface area (Å²) in [5, 5.41) is 0. The molecule has 0 unspecified atom stereocenters. The molecule has 7 heteroatoms. The quantitative estimate of drug-likeness (QED) is 0.631. The minimum Gasteiger partial charge on any atom is -0.497 e. The summed E-state index contributed by atoms with van der Waals surface area (Å²) in [5.74, 6) is 0.456. The van der Waals surface area contributed by atoms with Crippen LogP contribution in [-0.4, -0.2) is 43.7 Å². The predicted molar refractivity (Wildman–Crippen MR) is 114 cm³/mol. The van der Waals surface area contributed by atoms with Crippen LogP contribution in [0.5, 0.6) is 5.75 Å². The van der Waals surface area contributed by atoms with E-state index in [1.807, 2.05) is 6.07 Å². The molecule has 154 valence electrons. The molecular weight excluding hydrogens is 400 g/mol. The average Bonchev–Trinajstić information content (AvgIpc) is 3.26. The number of carbonyl (C=O) groups is 1. The molecule has 1 atom stereocenters. The molecular formula is C23H22N2O4S. The number of rotatable bonds is 5. The Kier molecular flexibility index (Phi) is 5.57. The lowest BCUT2D eigenvalue weighted by Gasteiger charge is -2.30. The zero-order valence-corrected chi connectivity index (χ0v) is 17.3. The standard InChI is InChI=1S/C23H22N2O4S/c1-29-20-14-12-18(13-15-20)22-24(23(26)19-8-4-2-5-9-19)16-17-25(22)30(27,28)21-10-6-3-7-11-21/h2-15,22H,16-17H2,1H3/t22-/m0/s1. The molecule has 1 saturated heterocycles. The lowest BCUT2D eigenvalue weighted by atomic mass is 10.1. The Labute approximate surface area is 176 Å². The van der Waals surface area contributed by atoms with Crippen molar-refractivity contribution in [2.45, 2.75) is 11.1 Å². The highest BCUT2D eigenvalue weighted by Gasteiger charge is 2.43. The van der Waals surface area contributed by atoms with Crippen molar-refractivity contribution in [3.63, 3.8) is 0 Å². The van der Waals surface area contributed by atoms with Crippen LogP contribution in [0.15, 0.2) is 89.8 Å². The van der Waals surface area contributed by atoms with Crippen LogP contribution < -0.4 is 4.74 Å². The molecule has 1 fully saturated rings. The highest BCUT2D eigenvalue weighted by Crippen LogP contribution is 2.36. The Balaban J connectivity index is 1.77. The van der Waals surface area contributed by atoms with E-state index in [-0.39, 0.29) is 17.3 Å². The van der Waals surface area contributed by atoms with E-state index in [2.05, 4.69) is 0 Å². The van der Waals surface area contributed by atoms with E-state index >= 15 is 0 Å². The first-order valence-electron chi connectivity index (χ1n) is 9.59. The highest BCUT2D eigenvalue weighted by atomic mass is 32.2. The summed E-state index contributed by atoms with van der Waals surface area (Å²) >= 11 is 0. The lowest BCUT2D eigenvalue weighted by Crippen LogP contribution is -2.38.